The van der Waals surface area contributed by atoms with Crippen LogP contribution in [0.3, 0.4) is 0 Å². The second-order valence-electron chi connectivity index (χ2n) is 6.14. The highest BCUT2D eigenvalue weighted by atomic mass is 32.1. The molecule has 0 radical (unpaired) electrons. The van der Waals surface area contributed by atoms with Crippen LogP contribution < -0.4 is 10.1 Å². The van der Waals surface area contributed by atoms with E-state index in [1.54, 1.807) is 47.8 Å². The molecule has 4 aromatic heterocycles. The highest BCUT2D eigenvalue weighted by molar-refractivity contribution is 7.15. The summed E-state index contributed by atoms with van der Waals surface area (Å²) < 4.78 is 20.6. The number of halogens is 1. The van der Waals surface area contributed by atoms with Gasteiger partial charge in [0.05, 0.1) is 0 Å². The van der Waals surface area contributed by atoms with Crippen LogP contribution in [0, 0.1) is 5.82 Å². The van der Waals surface area contributed by atoms with Gasteiger partial charge < -0.3 is 4.42 Å². The van der Waals surface area contributed by atoms with Gasteiger partial charge in [0, 0.05) is 16.5 Å². The molecule has 0 spiro atoms. The predicted octanol–water partition coefficient (Wildman–Crippen LogP) is 4.33. The van der Waals surface area contributed by atoms with Gasteiger partial charge in [0.2, 0.25) is 4.96 Å². The summed E-state index contributed by atoms with van der Waals surface area (Å²) >= 11 is 2.87. The molecule has 0 aliphatic carbocycles. The molecule has 142 valence electrons. The minimum atomic E-state index is -0.304. The van der Waals surface area contributed by atoms with Crippen LogP contribution in [0.4, 0.5) is 4.39 Å². The van der Waals surface area contributed by atoms with Crippen LogP contribution in [0.1, 0.15) is 16.5 Å². The zero-order chi connectivity index (χ0) is 19.8. The molecule has 0 amide bonds. The van der Waals surface area contributed by atoms with Gasteiger partial charge in [-0.05, 0) is 60.0 Å². The van der Waals surface area contributed by atoms with Crippen LogP contribution >= 0.6 is 22.7 Å². The molecular formula is C21H12FN3O2S2. The zero-order valence-electron chi connectivity index (χ0n) is 14.8. The summed E-state index contributed by atoms with van der Waals surface area (Å²) in [6.45, 7) is 0. The van der Waals surface area contributed by atoms with Crippen molar-refractivity contribution < 1.29 is 8.81 Å². The molecule has 0 aliphatic rings. The number of fused-ring (bicyclic) bond motifs is 1. The maximum absolute atomic E-state index is 13.1. The normalized spacial score (nSPS) is 12.5. The monoisotopic (exact) mass is 421 g/mol. The first-order valence-electron chi connectivity index (χ1n) is 8.64. The van der Waals surface area contributed by atoms with Gasteiger partial charge in [-0.15, -0.1) is 16.4 Å². The SMILES string of the molecule is O=c1c(=Cc2ccc(-c3ccc(F)cc3)o2)sc2nc(C=Cc3cccs3)nn12. The molecule has 0 aliphatic heterocycles. The van der Waals surface area contributed by atoms with Crippen molar-refractivity contribution in [3.63, 3.8) is 0 Å². The van der Waals surface area contributed by atoms with Gasteiger partial charge in [0.25, 0.3) is 5.56 Å². The summed E-state index contributed by atoms with van der Waals surface area (Å²) in [4.78, 5) is 18.6. The third kappa shape index (κ3) is 3.55. The van der Waals surface area contributed by atoms with Crippen molar-refractivity contribution >= 4 is 45.9 Å². The van der Waals surface area contributed by atoms with E-state index in [2.05, 4.69) is 10.1 Å². The van der Waals surface area contributed by atoms with E-state index in [1.807, 2.05) is 23.6 Å². The molecule has 0 N–H and O–H groups in total. The van der Waals surface area contributed by atoms with Crippen molar-refractivity contribution in [3.8, 4) is 11.3 Å². The van der Waals surface area contributed by atoms with Gasteiger partial charge in [-0.1, -0.05) is 17.4 Å². The maximum Gasteiger partial charge on any atom is 0.291 e. The smallest absolute Gasteiger partial charge is 0.291 e. The average Bonchev–Trinajstić information content (AvgIpc) is 3.49. The molecular weight excluding hydrogens is 409 g/mol. The fourth-order valence-electron chi connectivity index (χ4n) is 2.79. The van der Waals surface area contributed by atoms with Crippen molar-refractivity contribution in [3.05, 3.63) is 91.1 Å². The Morgan fingerprint density at radius 1 is 1.07 bits per heavy atom. The Hall–Kier alpha value is -3.36. The maximum atomic E-state index is 13.1. The molecule has 5 nitrogen and oxygen atoms in total. The van der Waals surface area contributed by atoms with Crippen LogP contribution in [0.15, 0.2) is 63.1 Å². The number of hydrogen-bond acceptors (Lipinski definition) is 6. The number of nitrogens with zero attached hydrogens (tertiary/aromatic N) is 3. The fraction of sp³-hybridized carbons (Fsp3) is 0. The Labute approximate surface area is 171 Å². The van der Waals surface area contributed by atoms with Gasteiger partial charge in [-0.3, -0.25) is 4.79 Å². The summed E-state index contributed by atoms with van der Waals surface area (Å²) in [7, 11) is 0. The largest absolute Gasteiger partial charge is 0.457 e. The van der Waals surface area contributed by atoms with Gasteiger partial charge >= 0.3 is 0 Å². The minimum absolute atomic E-state index is 0.243. The molecule has 4 heterocycles. The van der Waals surface area contributed by atoms with Crippen molar-refractivity contribution in [2.24, 2.45) is 0 Å². The molecule has 0 saturated carbocycles. The lowest BCUT2D eigenvalue weighted by atomic mass is 10.2. The number of hydrogen-bond donors (Lipinski definition) is 0. The van der Waals surface area contributed by atoms with Crippen LogP contribution in [-0.4, -0.2) is 14.6 Å². The topological polar surface area (TPSA) is 60.4 Å². The molecule has 0 saturated heterocycles. The van der Waals surface area contributed by atoms with Crippen LogP contribution in [-0.2, 0) is 0 Å². The van der Waals surface area contributed by atoms with Gasteiger partial charge in [-0.25, -0.2) is 4.39 Å². The second-order valence-corrected chi connectivity index (χ2v) is 8.13. The van der Waals surface area contributed by atoms with Crippen LogP contribution in [0.25, 0.3) is 34.5 Å². The van der Waals surface area contributed by atoms with Crippen LogP contribution in [0.5, 0.6) is 0 Å². The van der Waals surface area contributed by atoms with E-state index in [0.29, 0.717) is 26.8 Å². The summed E-state index contributed by atoms with van der Waals surface area (Å²) in [5.74, 6) is 1.32. The van der Waals surface area contributed by atoms with E-state index in [4.69, 9.17) is 4.42 Å². The Kier molecular flexibility index (Phi) is 4.42. The number of rotatable bonds is 4. The second kappa shape index (κ2) is 7.23. The molecule has 0 fully saturated rings. The van der Waals surface area contributed by atoms with Gasteiger partial charge in [0.1, 0.15) is 21.9 Å². The Morgan fingerprint density at radius 3 is 2.69 bits per heavy atom. The third-order valence-electron chi connectivity index (χ3n) is 4.17. The lowest BCUT2D eigenvalue weighted by Gasteiger charge is -1.95. The highest BCUT2D eigenvalue weighted by Gasteiger charge is 2.10. The van der Waals surface area contributed by atoms with E-state index in [9.17, 15) is 9.18 Å². The van der Waals surface area contributed by atoms with Crippen molar-refractivity contribution in [2.45, 2.75) is 0 Å². The minimum Gasteiger partial charge on any atom is -0.457 e. The quantitative estimate of drug-likeness (QED) is 0.433. The number of thiazole rings is 1. The zero-order valence-corrected chi connectivity index (χ0v) is 16.4. The van der Waals surface area contributed by atoms with Crippen molar-refractivity contribution in [1.29, 1.82) is 0 Å². The Morgan fingerprint density at radius 2 is 1.93 bits per heavy atom. The van der Waals surface area contributed by atoms with Crippen molar-refractivity contribution in [1.82, 2.24) is 14.6 Å². The Balaban J connectivity index is 1.45. The molecule has 5 rings (SSSR count). The summed E-state index contributed by atoms with van der Waals surface area (Å²) in [6.07, 6.45) is 5.37. The number of thiophene rings is 1. The first kappa shape index (κ1) is 17.7. The molecule has 0 bridgehead atoms. The number of aromatic nitrogens is 3. The standard InChI is InChI=1S/C21H12FN3O2S2/c22-14-5-3-13(4-6-14)17-9-7-15(27-17)12-18-20(26)25-21(29-18)23-19(24-25)10-8-16-2-1-11-28-16/h1-12H. The molecule has 0 atom stereocenters. The third-order valence-corrected chi connectivity index (χ3v) is 5.96. The lowest BCUT2D eigenvalue weighted by Crippen LogP contribution is -2.23. The highest BCUT2D eigenvalue weighted by Crippen LogP contribution is 2.22. The van der Waals surface area contributed by atoms with Gasteiger partial charge in [0.15, 0.2) is 5.82 Å². The Bertz CT molecular complexity index is 1430. The average molecular weight is 421 g/mol. The van der Waals surface area contributed by atoms with E-state index in [-0.39, 0.29) is 11.4 Å². The van der Waals surface area contributed by atoms with E-state index >= 15 is 0 Å². The predicted molar refractivity (Wildman–Crippen MR) is 113 cm³/mol. The van der Waals surface area contributed by atoms with Crippen molar-refractivity contribution in [2.75, 3.05) is 0 Å². The lowest BCUT2D eigenvalue weighted by molar-refractivity contribution is 0.571. The molecule has 1 aromatic carbocycles. The van der Waals surface area contributed by atoms with Crippen LogP contribution in [0.2, 0.25) is 0 Å². The molecule has 29 heavy (non-hydrogen) atoms. The van der Waals surface area contributed by atoms with E-state index < -0.39 is 0 Å². The summed E-state index contributed by atoms with van der Waals surface area (Å²) in [5.41, 5.74) is 0.520. The first-order valence-corrected chi connectivity index (χ1v) is 10.3. The summed E-state index contributed by atoms with van der Waals surface area (Å²) in [5, 5.41) is 6.26. The number of furan rings is 1. The van der Waals surface area contributed by atoms with E-state index in [1.165, 1.54) is 28.0 Å². The molecule has 8 heteroatoms. The fourth-order valence-corrected chi connectivity index (χ4v) is 4.30. The first-order chi connectivity index (χ1) is 14.2. The molecule has 0 unspecified atom stereocenters. The summed E-state index contributed by atoms with van der Waals surface area (Å²) in [6, 6.07) is 13.6. The van der Waals surface area contributed by atoms with E-state index in [0.717, 1.165) is 10.4 Å². The van der Waals surface area contributed by atoms with Gasteiger partial charge in [-0.2, -0.15) is 9.50 Å². The number of benzene rings is 1. The molecule has 5 aromatic rings.